The van der Waals surface area contributed by atoms with Crippen molar-refractivity contribution in [3.63, 3.8) is 0 Å². The Morgan fingerprint density at radius 2 is 2.21 bits per heavy atom. The van der Waals surface area contributed by atoms with E-state index in [0.717, 1.165) is 4.47 Å². The molecule has 0 aliphatic carbocycles. The third kappa shape index (κ3) is 3.01. The number of halogens is 3. The second-order valence-electron chi connectivity index (χ2n) is 3.68. The number of nitrogens with zero attached hydrogens (tertiary/aromatic N) is 2. The highest BCUT2D eigenvalue weighted by Crippen LogP contribution is 2.29. The Balaban J connectivity index is 2.63. The third-order valence-corrected chi connectivity index (χ3v) is 3.19. The predicted octanol–water partition coefficient (Wildman–Crippen LogP) is 4.59. The number of hydrogen-bond donors (Lipinski definition) is 0. The molecule has 2 aromatic rings. The van der Waals surface area contributed by atoms with Gasteiger partial charge in [0.15, 0.2) is 0 Å². The smallest absolute Gasteiger partial charge is 0.149 e. The van der Waals surface area contributed by atoms with E-state index in [4.69, 9.17) is 16.9 Å². The van der Waals surface area contributed by atoms with Crippen LogP contribution in [0.3, 0.4) is 0 Å². The maximum atomic E-state index is 14.0. The fourth-order valence-corrected chi connectivity index (χ4v) is 2.19. The number of allylic oxidation sites excluding steroid dienone is 1. The van der Waals surface area contributed by atoms with E-state index in [2.05, 4.69) is 20.9 Å². The maximum absolute atomic E-state index is 14.0. The maximum Gasteiger partial charge on any atom is 0.149 e. The first-order chi connectivity index (χ1) is 9.13. The minimum atomic E-state index is -0.550. The summed E-state index contributed by atoms with van der Waals surface area (Å²) in [6.07, 6.45) is 4.45. The van der Waals surface area contributed by atoms with Crippen LogP contribution in [-0.4, -0.2) is 4.98 Å². The van der Waals surface area contributed by atoms with Crippen LogP contribution in [-0.2, 0) is 0 Å². The summed E-state index contributed by atoms with van der Waals surface area (Å²) in [5.74, 6) is -0.550. The van der Waals surface area contributed by atoms with Gasteiger partial charge in [-0.3, -0.25) is 4.98 Å². The molecule has 0 aliphatic rings. The van der Waals surface area contributed by atoms with Gasteiger partial charge >= 0.3 is 0 Å². The summed E-state index contributed by atoms with van der Waals surface area (Å²) in [5.41, 5.74) is 1.35. The molecule has 0 saturated heterocycles. The summed E-state index contributed by atoms with van der Waals surface area (Å²) >= 11 is 9.06. The third-order valence-electron chi connectivity index (χ3n) is 2.47. The lowest BCUT2D eigenvalue weighted by atomic mass is 9.98. The Labute approximate surface area is 123 Å². The molecule has 0 amide bonds. The number of nitriles is 1. The molecule has 0 aliphatic heterocycles. The van der Waals surface area contributed by atoms with Crippen LogP contribution >= 0.6 is 27.5 Å². The Morgan fingerprint density at radius 3 is 2.89 bits per heavy atom. The van der Waals surface area contributed by atoms with Crippen LogP contribution in [0.4, 0.5) is 4.39 Å². The molecule has 0 radical (unpaired) electrons. The Hall–Kier alpha value is -1.70. The van der Waals surface area contributed by atoms with Crippen molar-refractivity contribution in [3.8, 4) is 6.07 Å². The molecule has 94 valence electrons. The van der Waals surface area contributed by atoms with Crippen LogP contribution in [0.5, 0.6) is 0 Å². The van der Waals surface area contributed by atoms with Crippen molar-refractivity contribution in [1.82, 2.24) is 4.98 Å². The molecular formula is C14H7BrClFN2. The van der Waals surface area contributed by atoms with Crippen molar-refractivity contribution in [2.45, 2.75) is 0 Å². The first-order valence-corrected chi connectivity index (χ1v) is 6.45. The van der Waals surface area contributed by atoms with Gasteiger partial charge in [0, 0.05) is 39.6 Å². The zero-order chi connectivity index (χ0) is 13.8. The Bertz CT molecular complexity index is 692. The molecule has 2 nitrogen and oxygen atoms in total. The Kier molecular flexibility index (Phi) is 4.31. The van der Waals surface area contributed by atoms with E-state index in [-0.39, 0.29) is 10.6 Å². The van der Waals surface area contributed by atoms with E-state index in [9.17, 15) is 4.39 Å². The summed E-state index contributed by atoms with van der Waals surface area (Å²) in [6.45, 7) is 0. The lowest BCUT2D eigenvalue weighted by Gasteiger charge is -2.09. The van der Waals surface area contributed by atoms with Gasteiger partial charge in [0.1, 0.15) is 5.82 Å². The van der Waals surface area contributed by atoms with Crippen molar-refractivity contribution in [3.05, 3.63) is 69.2 Å². The van der Waals surface area contributed by atoms with Crippen molar-refractivity contribution in [2.75, 3.05) is 0 Å². The molecule has 1 aromatic heterocycles. The number of aromatic nitrogens is 1. The van der Waals surface area contributed by atoms with E-state index in [1.807, 2.05) is 6.07 Å². The molecule has 0 fully saturated rings. The van der Waals surface area contributed by atoms with E-state index in [1.165, 1.54) is 12.1 Å². The van der Waals surface area contributed by atoms with E-state index < -0.39 is 5.82 Å². The molecule has 0 bridgehead atoms. The fraction of sp³-hybridized carbons (Fsp3) is 0. The zero-order valence-corrected chi connectivity index (χ0v) is 11.9. The number of pyridine rings is 1. The highest BCUT2D eigenvalue weighted by Gasteiger charge is 2.13. The number of rotatable bonds is 2. The van der Waals surface area contributed by atoms with Gasteiger partial charge in [-0.25, -0.2) is 4.39 Å². The van der Waals surface area contributed by atoms with Crippen molar-refractivity contribution in [1.29, 1.82) is 5.26 Å². The fourth-order valence-electron chi connectivity index (χ4n) is 1.65. The Morgan fingerprint density at radius 1 is 1.42 bits per heavy atom. The van der Waals surface area contributed by atoms with Crippen molar-refractivity contribution in [2.24, 2.45) is 0 Å². The first kappa shape index (κ1) is 13.7. The minimum absolute atomic E-state index is 0.0179. The summed E-state index contributed by atoms with van der Waals surface area (Å²) < 4.78 is 14.8. The molecule has 0 saturated carbocycles. The van der Waals surface area contributed by atoms with Crippen LogP contribution in [0.25, 0.3) is 5.57 Å². The lowest BCUT2D eigenvalue weighted by molar-refractivity contribution is 0.624. The quantitative estimate of drug-likeness (QED) is 0.751. The van der Waals surface area contributed by atoms with Crippen LogP contribution < -0.4 is 0 Å². The highest BCUT2D eigenvalue weighted by molar-refractivity contribution is 9.10. The summed E-state index contributed by atoms with van der Waals surface area (Å²) in [6, 6.07) is 8.35. The minimum Gasteiger partial charge on any atom is -0.263 e. The normalized spacial score (nSPS) is 11.2. The summed E-state index contributed by atoms with van der Waals surface area (Å²) in [5, 5.41) is 8.89. The summed E-state index contributed by atoms with van der Waals surface area (Å²) in [4.78, 5) is 4.01. The zero-order valence-electron chi connectivity index (χ0n) is 9.57. The highest BCUT2D eigenvalue weighted by atomic mass is 79.9. The molecule has 2 rings (SSSR count). The van der Waals surface area contributed by atoms with Gasteiger partial charge in [-0.1, -0.05) is 23.7 Å². The molecule has 0 N–H and O–H groups in total. The largest absolute Gasteiger partial charge is 0.263 e. The van der Waals surface area contributed by atoms with E-state index >= 15 is 0 Å². The van der Waals surface area contributed by atoms with Crippen molar-refractivity contribution < 1.29 is 4.39 Å². The van der Waals surface area contributed by atoms with Gasteiger partial charge in [0.25, 0.3) is 0 Å². The molecule has 1 heterocycles. The molecule has 0 spiro atoms. The van der Waals surface area contributed by atoms with Crippen LogP contribution in [0.15, 0.2) is 47.2 Å². The van der Waals surface area contributed by atoms with Gasteiger partial charge in [-0.2, -0.15) is 5.26 Å². The molecular weight excluding hydrogens is 331 g/mol. The number of benzene rings is 1. The van der Waals surface area contributed by atoms with Gasteiger partial charge in [-0.05, 0) is 28.1 Å². The topological polar surface area (TPSA) is 36.7 Å². The van der Waals surface area contributed by atoms with E-state index in [0.29, 0.717) is 11.1 Å². The van der Waals surface area contributed by atoms with Crippen LogP contribution in [0.1, 0.15) is 11.1 Å². The SMILES string of the molecule is N#C/C=C(/c1cncc(Br)c1)c1cccc(Cl)c1F. The molecule has 0 unspecified atom stereocenters. The first-order valence-electron chi connectivity index (χ1n) is 5.28. The molecule has 19 heavy (non-hydrogen) atoms. The van der Waals surface area contributed by atoms with Gasteiger partial charge < -0.3 is 0 Å². The average molecular weight is 338 g/mol. The second kappa shape index (κ2) is 5.96. The number of hydrogen-bond acceptors (Lipinski definition) is 2. The second-order valence-corrected chi connectivity index (χ2v) is 5.00. The average Bonchev–Trinajstić information content (AvgIpc) is 2.40. The predicted molar refractivity (Wildman–Crippen MR) is 76.0 cm³/mol. The summed E-state index contributed by atoms with van der Waals surface area (Å²) in [7, 11) is 0. The van der Waals surface area contributed by atoms with Crippen LogP contribution in [0.2, 0.25) is 5.02 Å². The monoisotopic (exact) mass is 336 g/mol. The van der Waals surface area contributed by atoms with Crippen molar-refractivity contribution >= 4 is 33.1 Å². The molecule has 5 heteroatoms. The lowest BCUT2D eigenvalue weighted by Crippen LogP contribution is -1.94. The van der Waals surface area contributed by atoms with Gasteiger partial charge in [0.2, 0.25) is 0 Å². The molecule has 0 atom stereocenters. The standard InChI is InChI=1S/C14H7BrClFN2/c15-10-6-9(7-19-8-10)11(4-5-18)12-2-1-3-13(16)14(12)17/h1-4,6-8H/b11-4-. The van der Waals surface area contributed by atoms with Gasteiger partial charge in [-0.15, -0.1) is 0 Å². The molecule has 1 aromatic carbocycles. The van der Waals surface area contributed by atoms with Crippen LogP contribution in [0, 0.1) is 17.1 Å². The van der Waals surface area contributed by atoms with E-state index in [1.54, 1.807) is 30.6 Å². The van der Waals surface area contributed by atoms with Gasteiger partial charge in [0.05, 0.1) is 11.1 Å².